The Hall–Kier alpha value is -0.120. The van der Waals surface area contributed by atoms with Gasteiger partial charge in [-0.25, -0.2) is 0 Å². The van der Waals surface area contributed by atoms with Crippen molar-refractivity contribution in [2.75, 3.05) is 26.3 Å². The van der Waals surface area contributed by atoms with Gasteiger partial charge >= 0.3 is 0 Å². The highest BCUT2D eigenvalue weighted by molar-refractivity contribution is 4.94. The van der Waals surface area contributed by atoms with Crippen molar-refractivity contribution in [1.82, 2.24) is 4.90 Å². The molecule has 0 bridgehead atoms. The Kier molecular flexibility index (Phi) is 3.33. The van der Waals surface area contributed by atoms with Crippen LogP contribution in [0, 0.1) is 5.92 Å². The molecule has 0 spiro atoms. The second-order valence-electron chi connectivity index (χ2n) is 5.55. The van der Waals surface area contributed by atoms with Gasteiger partial charge < -0.3 is 10.5 Å². The van der Waals surface area contributed by atoms with Crippen LogP contribution in [0.2, 0.25) is 0 Å². The lowest BCUT2D eigenvalue weighted by molar-refractivity contribution is -0.0877. The van der Waals surface area contributed by atoms with E-state index in [-0.39, 0.29) is 5.54 Å². The maximum atomic E-state index is 5.95. The third kappa shape index (κ3) is 2.19. The van der Waals surface area contributed by atoms with Crippen molar-refractivity contribution < 1.29 is 4.74 Å². The molecule has 3 heteroatoms. The monoisotopic (exact) mass is 212 g/mol. The van der Waals surface area contributed by atoms with Crippen LogP contribution in [-0.2, 0) is 4.74 Å². The minimum absolute atomic E-state index is 0.165. The summed E-state index contributed by atoms with van der Waals surface area (Å²) in [7, 11) is 0. The molecule has 0 amide bonds. The Morgan fingerprint density at radius 3 is 2.67 bits per heavy atom. The quantitative estimate of drug-likeness (QED) is 0.764. The molecule has 1 aliphatic carbocycles. The first-order chi connectivity index (χ1) is 7.15. The smallest absolute Gasteiger partial charge is 0.0645 e. The van der Waals surface area contributed by atoms with Gasteiger partial charge in [0, 0.05) is 24.7 Å². The summed E-state index contributed by atoms with van der Waals surface area (Å²) in [5.74, 6) is 0.840. The minimum Gasteiger partial charge on any atom is -0.378 e. The molecule has 15 heavy (non-hydrogen) atoms. The summed E-state index contributed by atoms with van der Waals surface area (Å²) < 4.78 is 5.56. The van der Waals surface area contributed by atoms with Gasteiger partial charge in [-0.15, -0.1) is 0 Å². The molecule has 3 nitrogen and oxygen atoms in total. The first kappa shape index (κ1) is 11.4. The number of nitrogens with two attached hydrogens (primary N) is 1. The highest BCUT2D eigenvalue weighted by Gasteiger charge is 2.39. The molecular formula is C12H24N2O. The Bertz CT molecular complexity index is 214. The molecule has 1 saturated carbocycles. The van der Waals surface area contributed by atoms with Crippen LogP contribution in [0.25, 0.3) is 0 Å². The summed E-state index contributed by atoms with van der Waals surface area (Å²) in [4.78, 5) is 2.58. The average molecular weight is 212 g/mol. The van der Waals surface area contributed by atoms with E-state index in [1.165, 1.54) is 19.3 Å². The van der Waals surface area contributed by atoms with Crippen molar-refractivity contribution >= 4 is 0 Å². The van der Waals surface area contributed by atoms with Crippen molar-refractivity contribution in [2.24, 2.45) is 11.7 Å². The number of nitrogens with zero attached hydrogens (tertiary/aromatic N) is 1. The second kappa shape index (κ2) is 4.40. The molecule has 0 radical (unpaired) electrons. The van der Waals surface area contributed by atoms with Crippen molar-refractivity contribution in [2.45, 2.75) is 44.7 Å². The van der Waals surface area contributed by atoms with Crippen LogP contribution < -0.4 is 5.73 Å². The van der Waals surface area contributed by atoms with Gasteiger partial charge in [0.05, 0.1) is 13.2 Å². The topological polar surface area (TPSA) is 38.5 Å². The third-order valence-electron chi connectivity index (χ3n) is 4.05. The van der Waals surface area contributed by atoms with E-state index < -0.39 is 0 Å². The fourth-order valence-corrected chi connectivity index (χ4v) is 2.88. The van der Waals surface area contributed by atoms with Crippen molar-refractivity contribution in [3.8, 4) is 0 Å². The summed E-state index contributed by atoms with van der Waals surface area (Å²) in [6.07, 6.45) is 4.14. The molecule has 2 rings (SSSR count). The zero-order chi connectivity index (χ0) is 10.9. The first-order valence-electron chi connectivity index (χ1n) is 6.20. The maximum Gasteiger partial charge on any atom is 0.0645 e. The van der Waals surface area contributed by atoms with E-state index in [2.05, 4.69) is 18.7 Å². The number of hydrogen-bond donors (Lipinski definition) is 1. The summed E-state index contributed by atoms with van der Waals surface area (Å²) in [5.41, 5.74) is 6.12. The second-order valence-corrected chi connectivity index (χ2v) is 5.55. The van der Waals surface area contributed by atoms with Gasteiger partial charge in [-0.1, -0.05) is 6.42 Å². The molecule has 2 N–H and O–H groups in total. The van der Waals surface area contributed by atoms with Gasteiger partial charge in [0.1, 0.15) is 0 Å². The van der Waals surface area contributed by atoms with E-state index in [0.29, 0.717) is 6.04 Å². The van der Waals surface area contributed by atoms with Crippen molar-refractivity contribution in [1.29, 1.82) is 0 Å². The molecule has 1 heterocycles. The van der Waals surface area contributed by atoms with Crippen LogP contribution in [0.15, 0.2) is 0 Å². The Labute approximate surface area is 93.0 Å². The highest BCUT2D eigenvalue weighted by Crippen LogP contribution is 2.35. The first-order valence-corrected chi connectivity index (χ1v) is 6.20. The lowest BCUT2D eigenvalue weighted by atomic mass is 9.77. The zero-order valence-corrected chi connectivity index (χ0v) is 10.0. The van der Waals surface area contributed by atoms with Crippen molar-refractivity contribution in [3.63, 3.8) is 0 Å². The van der Waals surface area contributed by atoms with Crippen LogP contribution in [0.5, 0.6) is 0 Å². The predicted molar refractivity (Wildman–Crippen MR) is 61.8 cm³/mol. The van der Waals surface area contributed by atoms with Gasteiger partial charge in [-0.2, -0.15) is 0 Å². The van der Waals surface area contributed by atoms with E-state index in [1.807, 2.05) is 0 Å². The molecule has 1 atom stereocenters. The lowest BCUT2D eigenvalue weighted by Crippen LogP contribution is -2.61. The summed E-state index contributed by atoms with van der Waals surface area (Å²) in [5, 5.41) is 0. The van der Waals surface area contributed by atoms with E-state index >= 15 is 0 Å². The molecule has 2 aliphatic rings. The Balaban J connectivity index is 2.04. The molecule has 1 aliphatic heterocycles. The van der Waals surface area contributed by atoms with E-state index in [4.69, 9.17) is 10.5 Å². The summed E-state index contributed by atoms with van der Waals surface area (Å²) in [6.45, 7) is 8.10. The van der Waals surface area contributed by atoms with Crippen LogP contribution >= 0.6 is 0 Å². The SMILES string of the molecule is CC1(C)COCCN1C(CN)C1CCC1. The van der Waals surface area contributed by atoms with Gasteiger partial charge in [-0.05, 0) is 32.6 Å². The predicted octanol–water partition coefficient (Wildman–Crippen LogP) is 1.22. The van der Waals surface area contributed by atoms with Crippen LogP contribution in [0.1, 0.15) is 33.1 Å². The normalized spacial score (nSPS) is 29.8. The molecule has 2 fully saturated rings. The van der Waals surface area contributed by atoms with Crippen LogP contribution in [0.3, 0.4) is 0 Å². The molecule has 0 aromatic carbocycles. The fourth-order valence-electron chi connectivity index (χ4n) is 2.88. The molecule has 1 unspecified atom stereocenters. The Morgan fingerprint density at radius 1 is 1.47 bits per heavy atom. The molecule has 88 valence electrons. The number of ether oxygens (including phenoxy) is 1. The Morgan fingerprint density at radius 2 is 2.20 bits per heavy atom. The number of hydrogen-bond acceptors (Lipinski definition) is 3. The van der Waals surface area contributed by atoms with Gasteiger partial charge in [0.25, 0.3) is 0 Å². The number of morpholine rings is 1. The molecular weight excluding hydrogens is 188 g/mol. The van der Waals surface area contributed by atoms with Crippen LogP contribution in [0.4, 0.5) is 0 Å². The van der Waals surface area contributed by atoms with Gasteiger partial charge in [-0.3, -0.25) is 4.90 Å². The largest absolute Gasteiger partial charge is 0.378 e. The van der Waals surface area contributed by atoms with E-state index in [9.17, 15) is 0 Å². The van der Waals surface area contributed by atoms with Crippen LogP contribution in [-0.4, -0.2) is 42.8 Å². The molecule has 1 saturated heterocycles. The molecule has 0 aromatic heterocycles. The summed E-state index contributed by atoms with van der Waals surface area (Å²) >= 11 is 0. The average Bonchev–Trinajstić information content (AvgIpc) is 2.11. The lowest BCUT2D eigenvalue weighted by Gasteiger charge is -2.50. The highest BCUT2D eigenvalue weighted by atomic mass is 16.5. The van der Waals surface area contributed by atoms with Crippen molar-refractivity contribution in [3.05, 3.63) is 0 Å². The van der Waals surface area contributed by atoms with Gasteiger partial charge in [0.15, 0.2) is 0 Å². The van der Waals surface area contributed by atoms with Gasteiger partial charge in [0.2, 0.25) is 0 Å². The maximum absolute atomic E-state index is 5.95. The third-order valence-corrected chi connectivity index (χ3v) is 4.05. The minimum atomic E-state index is 0.165. The van der Waals surface area contributed by atoms with E-state index in [1.54, 1.807) is 0 Å². The fraction of sp³-hybridized carbons (Fsp3) is 1.00. The number of rotatable bonds is 3. The standard InChI is InChI=1S/C12H24N2O/c1-12(2)9-15-7-6-14(12)11(8-13)10-4-3-5-10/h10-11H,3-9,13H2,1-2H3. The van der Waals surface area contributed by atoms with E-state index in [0.717, 1.165) is 32.2 Å². The molecule has 0 aromatic rings. The summed E-state index contributed by atoms with van der Waals surface area (Å²) in [6, 6.07) is 0.581. The zero-order valence-electron chi connectivity index (χ0n) is 10.0.